The van der Waals surface area contributed by atoms with E-state index in [-0.39, 0.29) is 5.75 Å². The molecule has 1 aromatic rings. The van der Waals surface area contributed by atoms with Crippen molar-refractivity contribution < 1.29 is 23.0 Å². The van der Waals surface area contributed by atoms with Gasteiger partial charge in [-0.1, -0.05) is 24.3 Å². The molecule has 0 radical (unpaired) electrons. The maximum Gasteiger partial charge on any atom is 0.494 e. The first kappa shape index (κ1) is 21.9. The Bertz CT molecular complexity index is 801. The van der Waals surface area contributed by atoms with Gasteiger partial charge in [0, 0.05) is 6.26 Å². The summed E-state index contributed by atoms with van der Waals surface area (Å²) in [5.74, 6) is 0.163. The van der Waals surface area contributed by atoms with Gasteiger partial charge < -0.3 is 14.0 Å². The lowest BCUT2D eigenvalue weighted by molar-refractivity contribution is 0.00578. The van der Waals surface area contributed by atoms with Crippen LogP contribution < -0.4 is 5.46 Å². The molecular formula is C19H30BNO5S. The second-order valence-corrected chi connectivity index (χ2v) is 11.4. The summed E-state index contributed by atoms with van der Waals surface area (Å²) < 4.78 is 33.6. The van der Waals surface area contributed by atoms with Crippen LogP contribution in [0.5, 0.6) is 0 Å². The highest BCUT2D eigenvalue weighted by atomic mass is 32.2. The fourth-order valence-electron chi connectivity index (χ4n) is 2.53. The number of benzene rings is 1. The maximum absolute atomic E-state index is 12.6. The van der Waals surface area contributed by atoms with Crippen LogP contribution in [0.3, 0.4) is 0 Å². The molecule has 0 spiro atoms. The van der Waals surface area contributed by atoms with Crippen molar-refractivity contribution in [3.63, 3.8) is 0 Å². The Balaban J connectivity index is 2.10. The van der Waals surface area contributed by atoms with Gasteiger partial charge in [-0.25, -0.2) is 9.00 Å². The summed E-state index contributed by atoms with van der Waals surface area (Å²) in [6.07, 6.45) is 0.655. The Morgan fingerprint density at radius 1 is 1.11 bits per heavy atom. The average molecular weight is 395 g/mol. The summed E-state index contributed by atoms with van der Waals surface area (Å²) in [4.78, 5) is 11.8. The van der Waals surface area contributed by atoms with Crippen molar-refractivity contribution in [3.05, 3.63) is 29.8 Å². The van der Waals surface area contributed by atoms with Crippen LogP contribution in [0.2, 0.25) is 0 Å². The molecule has 6 nitrogen and oxygen atoms in total. The summed E-state index contributed by atoms with van der Waals surface area (Å²) in [7, 11) is -3.18. The Hall–Kier alpha value is -1.38. The van der Waals surface area contributed by atoms with Crippen molar-refractivity contribution in [2.45, 2.75) is 71.0 Å². The van der Waals surface area contributed by atoms with E-state index >= 15 is 0 Å². The molecule has 1 atom stereocenters. The molecule has 8 heteroatoms. The number of hydrogen-bond acceptors (Lipinski definition) is 5. The van der Waals surface area contributed by atoms with Gasteiger partial charge in [-0.05, 0) is 59.5 Å². The van der Waals surface area contributed by atoms with Crippen molar-refractivity contribution in [1.82, 2.24) is 0 Å². The molecule has 1 aliphatic rings. The van der Waals surface area contributed by atoms with Crippen LogP contribution in [0.25, 0.3) is 0 Å². The molecule has 0 saturated carbocycles. The highest BCUT2D eigenvalue weighted by Gasteiger charge is 2.51. The van der Waals surface area contributed by atoms with Crippen molar-refractivity contribution >= 4 is 28.4 Å². The molecule has 0 bridgehead atoms. The molecule has 0 N–H and O–H groups in total. The Labute approximate surface area is 163 Å². The number of carbonyl (C=O) groups is 1. The lowest BCUT2D eigenvalue weighted by Gasteiger charge is -2.32. The minimum Gasteiger partial charge on any atom is -0.442 e. The molecule has 0 aromatic heterocycles. The van der Waals surface area contributed by atoms with E-state index in [2.05, 4.69) is 4.36 Å². The number of ether oxygens (including phenoxy) is 1. The zero-order chi connectivity index (χ0) is 20.7. The third-order valence-electron chi connectivity index (χ3n) is 4.60. The third kappa shape index (κ3) is 5.80. The molecule has 0 aliphatic carbocycles. The topological polar surface area (TPSA) is 74.2 Å². The SMILES string of the molecule is CC(C)(C)OC(=O)N=S(C)(=O)Cc1ccc(B2OC(C)(C)C(C)(C)O2)cc1. The monoisotopic (exact) mass is 395 g/mol. The molecule has 1 heterocycles. The first-order chi connectivity index (χ1) is 12.1. The van der Waals surface area contributed by atoms with Crippen LogP contribution in [-0.4, -0.2) is 40.5 Å². The molecule has 1 saturated heterocycles. The summed E-state index contributed by atoms with van der Waals surface area (Å²) in [6, 6.07) is 7.49. The Kier molecular flexibility index (Phi) is 5.86. The third-order valence-corrected chi connectivity index (χ3v) is 6.00. The minimum absolute atomic E-state index is 0.163. The van der Waals surface area contributed by atoms with E-state index in [9.17, 15) is 9.00 Å². The standard InChI is InChI=1S/C19H30BNO5S/c1-17(2,3)24-16(22)21-27(8,23)13-14-9-11-15(12-10-14)20-25-18(4,5)19(6,7)26-20/h9-12H,13H2,1-8H3. The number of amides is 1. The second kappa shape index (κ2) is 7.22. The van der Waals surface area contributed by atoms with Gasteiger partial charge in [-0.2, -0.15) is 0 Å². The second-order valence-electron chi connectivity index (χ2n) is 9.01. The molecule has 2 rings (SSSR count). The van der Waals surface area contributed by atoms with Crippen LogP contribution >= 0.6 is 0 Å². The fourth-order valence-corrected chi connectivity index (χ4v) is 3.76. The van der Waals surface area contributed by atoms with Crippen molar-refractivity contribution in [2.24, 2.45) is 4.36 Å². The van der Waals surface area contributed by atoms with Gasteiger partial charge in [0.25, 0.3) is 0 Å². The largest absolute Gasteiger partial charge is 0.494 e. The van der Waals surface area contributed by atoms with E-state index in [4.69, 9.17) is 14.0 Å². The van der Waals surface area contributed by atoms with Crippen LogP contribution in [0.1, 0.15) is 54.0 Å². The maximum atomic E-state index is 12.6. The van der Waals surface area contributed by atoms with Crippen molar-refractivity contribution in [2.75, 3.05) is 6.26 Å². The first-order valence-corrected chi connectivity index (χ1v) is 11.1. The summed E-state index contributed by atoms with van der Waals surface area (Å²) in [5, 5.41) is 0. The van der Waals surface area contributed by atoms with Crippen LogP contribution in [0.15, 0.2) is 28.6 Å². The molecule has 1 unspecified atom stereocenters. The average Bonchev–Trinajstić information content (AvgIpc) is 2.64. The molecule has 1 aliphatic heterocycles. The molecule has 1 fully saturated rings. The number of nitrogens with zero attached hydrogens (tertiary/aromatic N) is 1. The highest BCUT2D eigenvalue weighted by molar-refractivity contribution is 7.92. The van der Waals surface area contributed by atoms with E-state index < -0.39 is 39.7 Å². The lowest BCUT2D eigenvalue weighted by Crippen LogP contribution is -2.41. The highest BCUT2D eigenvalue weighted by Crippen LogP contribution is 2.36. The van der Waals surface area contributed by atoms with E-state index in [0.717, 1.165) is 11.0 Å². The lowest BCUT2D eigenvalue weighted by atomic mass is 9.79. The van der Waals surface area contributed by atoms with Crippen LogP contribution in [-0.2, 0) is 29.5 Å². The van der Waals surface area contributed by atoms with Crippen molar-refractivity contribution in [3.8, 4) is 0 Å². The molecule has 1 aromatic carbocycles. The quantitative estimate of drug-likeness (QED) is 0.733. The number of carbonyl (C=O) groups excluding carboxylic acids is 1. The normalized spacial score (nSPS) is 20.8. The molecule has 150 valence electrons. The molecule has 1 amide bonds. The Morgan fingerprint density at radius 2 is 1.59 bits per heavy atom. The fraction of sp³-hybridized carbons (Fsp3) is 0.632. The summed E-state index contributed by atoms with van der Waals surface area (Å²) in [6.45, 7) is 13.3. The van der Waals surface area contributed by atoms with Gasteiger partial charge in [-0.15, -0.1) is 4.36 Å². The van der Waals surface area contributed by atoms with Crippen molar-refractivity contribution in [1.29, 1.82) is 0 Å². The van der Waals surface area contributed by atoms with Gasteiger partial charge in [0.1, 0.15) is 5.60 Å². The van der Waals surface area contributed by atoms with E-state index in [1.807, 2.05) is 52.0 Å². The zero-order valence-corrected chi connectivity index (χ0v) is 18.3. The summed E-state index contributed by atoms with van der Waals surface area (Å²) >= 11 is 0. The predicted molar refractivity (Wildman–Crippen MR) is 109 cm³/mol. The number of hydrogen-bond donors (Lipinski definition) is 0. The minimum atomic E-state index is -2.74. The van der Waals surface area contributed by atoms with Gasteiger partial charge in [0.05, 0.1) is 26.7 Å². The van der Waals surface area contributed by atoms with E-state index in [1.165, 1.54) is 6.26 Å². The van der Waals surface area contributed by atoms with Crippen LogP contribution in [0, 0.1) is 0 Å². The van der Waals surface area contributed by atoms with Gasteiger partial charge in [0.2, 0.25) is 0 Å². The first-order valence-electron chi connectivity index (χ1n) is 8.98. The predicted octanol–water partition coefficient (Wildman–Crippen LogP) is 3.52. The van der Waals surface area contributed by atoms with E-state index in [0.29, 0.717) is 0 Å². The molecular weight excluding hydrogens is 365 g/mol. The number of rotatable bonds is 3. The van der Waals surface area contributed by atoms with Gasteiger partial charge >= 0.3 is 13.2 Å². The Morgan fingerprint density at radius 3 is 2.04 bits per heavy atom. The molecule has 27 heavy (non-hydrogen) atoms. The summed E-state index contributed by atoms with van der Waals surface area (Å²) in [5.41, 5.74) is 0.237. The van der Waals surface area contributed by atoms with E-state index in [1.54, 1.807) is 20.8 Å². The van der Waals surface area contributed by atoms with Gasteiger partial charge in [0.15, 0.2) is 0 Å². The smallest absolute Gasteiger partial charge is 0.442 e. The zero-order valence-electron chi connectivity index (χ0n) is 17.5. The van der Waals surface area contributed by atoms with Gasteiger partial charge in [-0.3, -0.25) is 0 Å². The van der Waals surface area contributed by atoms with Crippen LogP contribution in [0.4, 0.5) is 4.79 Å².